The first kappa shape index (κ1) is 14.4. The first-order chi connectivity index (χ1) is 11.7. The largest absolute Gasteiger partial charge is 0.496 e. The molecule has 0 saturated heterocycles. The van der Waals surface area contributed by atoms with E-state index in [-0.39, 0.29) is 11.4 Å². The van der Waals surface area contributed by atoms with Crippen molar-refractivity contribution < 1.29 is 13.5 Å². The summed E-state index contributed by atoms with van der Waals surface area (Å²) >= 11 is 0. The Balaban J connectivity index is 2.01. The highest BCUT2D eigenvalue weighted by Crippen LogP contribution is 2.42. The van der Waals surface area contributed by atoms with E-state index in [0.29, 0.717) is 28.4 Å². The number of aromatic amines is 1. The van der Waals surface area contributed by atoms with Crippen molar-refractivity contribution in [3.63, 3.8) is 0 Å². The minimum absolute atomic E-state index is 0.0697. The molecule has 0 bridgehead atoms. The van der Waals surface area contributed by atoms with E-state index in [9.17, 15) is 8.78 Å². The molecule has 1 aromatic heterocycles. The zero-order valence-corrected chi connectivity index (χ0v) is 12.6. The van der Waals surface area contributed by atoms with Crippen LogP contribution in [0.1, 0.15) is 5.56 Å². The molecule has 1 aliphatic heterocycles. The molecule has 5 nitrogen and oxygen atoms in total. The Bertz CT molecular complexity index is 945. The van der Waals surface area contributed by atoms with Crippen molar-refractivity contribution in [2.75, 3.05) is 12.4 Å². The maximum atomic E-state index is 14.2. The van der Waals surface area contributed by atoms with E-state index in [1.165, 1.54) is 24.4 Å². The number of aliphatic imine (C=N–C) groups is 1. The Morgan fingerprint density at radius 2 is 1.75 bits per heavy atom. The number of aromatic nitrogens is 2. The van der Waals surface area contributed by atoms with Crippen LogP contribution in [0.5, 0.6) is 5.75 Å². The summed E-state index contributed by atoms with van der Waals surface area (Å²) in [6.07, 6.45) is 1.53. The van der Waals surface area contributed by atoms with Crippen LogP contribution in [0.3, 0.4) is 0 Å². The molecule has 0 aliphatic carbocycles. The molecule has 0 saturated carbocycles. The molecule has 24 heavy (non-hydrogen) atoms. The topological polar surface area (TPSA) is 62.3 Å². The summed E-state index contributed by atoms with van der Waals surface area (Å²) in [5.41, 5.74) is 2.16. The number of nitrogens with one attached hydrogen (secondary N) is 2. The van der Waals surface area contributed by atoms with Gasteiger partial charge in [0, 0.05) is 0 Å². The highest BCUT2D eigenvalue weighted by atomic mass is 19.1. The van der Waals surface area contributed by atoms with Crippen molar-refractivity contribution in [2.45, 2.75) is 0 Å². The summed E-state index contributed by atoms with van der Waals surface area (Å²) < 4.78 is 33.8. The summed E-state index contributed by atoms with van der Waals surface area (Å²) in [6, 6.07) is 8.98. The van der Waals surface area contributed by atoms with Gasteiger partial charge in [-0.05, 0) is 24.3 Å². The van der Waals surface area contributed by atoms with Gasteiger partial charge in [-0.3, -0.25) is 5.10 Å². The van der Waals surface area contributed by atoms with Gasteiger partial charge >= 0.3 is 0 Å². The normalized spacial score (nSPS) is 12.5. The fraction of sp³-hybridized carbons (Fsp3) is 0.0588. The highest BCUT2D eigenvalue weighted by Gasteiger charge is 2.24. The molecule has 120 valence electrons. The number of hydrogen-bond acceptors (Lipinski definition) is 4. The van der Waals surface area contributed by atoms with Crippen molar-refractivity contribution in [2.24, 2.45) is 4.99 Å². The molecule has 0 amide bonds. The molecule has 0 spiro atoms. The third kappa shape index (κ3) is 2.13. The summed E-state index contributed by atoms with van der Waals surface area (Å²) in [4.78, 5) is 4.42. The van der Waals surface area contributed by atoms with Gasteiger partial charge in [-0.2, -0.15) is 5.10 Å². The first-order valence-electron chi connectivity index (χ1n) is 7.20. The monoisotopic (exact) mass is 326 g/mol. The molecule has 7 heteroatoms. The third-order valence-electron chi connectivity index (χ3n) is 3.80. The van der Waals surface area contributed by atoms with E-state index in [4.69, 9.17) is 4.74 Å². The number of fused-ring (bicyclic) bond motifs is 3. The van der Waals surface area contributed by atoms with E-state index in [1.54, 1.807) is 25.3 Å². The molecule has 0 radical (unpaired) electrons. The van der Waals surface area contributed by atoms with Crippen molar-refractivity contribution in [3.8, 4) is 17.0 Å². The van der Waals surface area contributed by atoms with Crippen LogP contribution in [0, 0.1) is 11.6 Å². The second-order valence-electron chi connectivity index (χ2n) is 5.20. The summed E-state index contributed by atoms with van der Waals surface area (Å²) in [7, 11) is 1.55. The van der Waals surface area contributed by atoms with Gasteiger partial charge in [-0.1, -0.05) is 12.1 Å². The van der Waals surface area contributed by atoms with Gasteiger partial charge in [0.05, 0.1) is 41.5 Å². The molecule has 1 aliphatic rings. The van der Waals surface area contributed by atoms with Gasteiger partial charge in [0.2, 0.25) is 0 Å². The fourth-order valence-electron chi connectivity index (χ4n) is 2.72. The van der Waals surface area contributed by atoms with Crippen LogP contribution < -0.4 is 10.1 Å². The molecule has 0 unspecified atom stereocenters. The second kappa shape index (κ2) is 5.45. The van der Waals surface area contributed by atoms with E-state index < -0.39 is 11.6 Å². The average molecular weight is 326 g/mol. The molecule has 2 heterocycles. The second-order valence-corrected chi connectivity index (χ2v) is 5.20. The van der Waals surface area contributed by atoms with E-state index in [1.807, 2.05) is 0 Å². The standard InChI is InChI=1S/C17H12F2N4O/c1-24-13-7-3-6-11-15(13)16-12(8-20-23-16)22-17(21-11)14-9(18)4-2-5-10(14)19/h2-8H,1H3,(H,20,23)(H,21,22). The molecular formula is C17H12F2N4O. The number of benzene rings is 2. The van der Waals surface area contributed by atoms with Crippen molar-refractivity contribution in [1.82, 2.24) is 10.2 Å². The fourth-order valence-corrected chi connectivity index (χ4v) is 2.72. The lowest BCUT2D eigenvalue weighted by molar-refractivity contribution is 0.416. The minimum Gasteiger partial charge on any atom is -0.496 e. The minimum atomic E-state index is -0.697. The van der Waals surface area contributed by atoms with Crippen molar-refractivity contribution >= 4 is 17.2 Å². The lowest BCUT2D eigenvalue weighted by atomic mass is 10.1. The molecule has 0 atom stereocenters. The third-order valence-corrected chi connectivity index (χ3v) is 3.80. The number of H-pyrrole nitrogens is 1. The number of nitrogens with zero attached hydrogens (tertiary/aromatic N) is 2. The average Bonchev–Trinajstić information content (AvgIpc) is 2.96. The van der Waals surface area contributed by atoms with Gasteiger partial charge in [-0.25, -0.2) is 13.8 Å². The van der Waals surface area contributed by atoms with Crippen LogP contribution in [-0.4, -0.2) is 23.1 Å². The van der Waals surface area contributed by atoms with Crippen molar-refractivity contribution in [3.05, 3.63) is 59.8 Å². The van der Waals surface area contributed by atoms with Gasteiger partial charge in [-0.15, -0.1) is 0 Å². The Labute approximate surface area is 136 Å². The van der Waals surface area contributed by atoms with E-state index in [2.05, 4.69) is 20.5 Å². The van der Waals surface area contributed by atoms with E-state index in [0.717, 1.165) is 0 Å². The SMILES string of the molecule is COc1cccc2c1-c1[nH]ncc1NC(c1c(F)cccc1F)=N2. The van der Waals surface area contributed by atoms with Crippen LogP contribution in [0.4, 0.5) is 20.2 Å². The molecule has 2 aromatic carbocycles. The maximum absolute atomic E-state index is 14.2. The summed E-state index contributed by atoms with van der Waals surface area (Å²) in [5.74, 6) is -0.741. The first-order valence-corrected chi connectivity index (χ1v) is 7.20. The zero-order chi connectivity index (χ0) is 16.7. The van der Waals surface area contributed by atoms with Gasteiger partial charge in [0.1, 0.15) is 23.2 Å². The molecule has 4 rings (SSSR count). The zero-order valence-electron chi connectivity index (χ0n) is 12.6. The van der Waals surface area contributed by atoms with Gasteiger partial charge in [0.15, 0.2) is 0 Å². The van der Waals surface area contributed by atoms with E-state index >= 15 is 0 Å². The lowest BCUT2D eigenvalue weighted by Crippen LogP contribution is -2.16. The number of ether oxygens (including phenoxy) is 1. The predicted octanol–water partition coefficient (Wildman–Crippen LogP) is 3.87. The van der Waals surface area contributed by atoms with Crippen LogP contribution in [0.15, 0.2) is 47.6 Å². The Morgan fingerprint density at radius 3 is 2.50 bits per heavy atom. The number of halogens is 2. The Morgan fingerprint density at radius 1 is 1.00 bits per heavy atom. The van der Waals surface area contributed by atoms with Crippen LogP contribution in [0.25, 0.3) is 11.3 Å². The van der Waals surface area contributed by atoms with Crippen LogP contribution >= 0.6 is 0 Å². The molecule has 3 aromatic rings. The van der Waals surface area contributed by atoms with Gasteiger partial charge in [0.25, 0.3) is 0 Å². The molecular weight excluding hydrogens is 314 g/mol. The summed E-state index contributed by atoms with van der Waals surface area (Å²) in [6.45, 7) is 0. The molecule has 2 N–H and O–H groups in total. The van der Waals surface area contributed by atoms with Gasteiger partial charge < -0.3 is 10.1 Å². The highest BCUT2D eigenvalue weighted by molar-refractivity contribution is 6.13. The quantitative estimate of drug-likeness (QED) is 0.751. The number of methoxy groups -OCH3 is 1. The number of anilines is 1. The number of rotatable bonds is 2. The molecule has 0 fully saturated rings. The van der Waals surface area contributed by atoms with Crippen molar-refractivity contribution in [1.29, 1.82) is 0 Å². The Hall–Kier alpha value is -3.22. The Kier molecular flexibility index (Phi) is 3.26. The smallest absolute Gasteiger partial charge is 0.144 e. The van der Waals surface area contributed by atoms with Crippen LogP contribution in [0.2, 0.25) is 0 Å². The summed E-state index contributed by atoms with van der Waals surface area (Å²) in [5, 5.41) is 9.84. The lowest BCUT2D eigenvalue weighted by Gasteiger charge is -2.09. The predicted molar refractivity (Wildman–Crippen MR) is 86.8 cm³/mol. The number of amidine groups is 1. The van der Waals surface area contributed by atoms with Crippen LogP contribution in [-0.2, 0) is 0 Å². The number of hydrogen-bond donors (Lipinski definition) is 2. The maximum Gasteiger partial charge on any atom is 0.144 e.